The Kier molecular flexibility index (Phi) is 5.37. The van der Waals surface area contributed by atoms with E-state index in [-0.39, 0.29) is 6.04 Å². The van der Waals surface area contributed by atoms with E-state index in [4.69, 9.17) is 9.40 Å². The van der Waals surface area contributed by atoms with Crippen LogP contribution in [0.25, 0.3) is 33.7 Å². The maximum Gasteiger partial charge on any atom is 0.251 e. The average Bonchev–Trinajstić information content (AvgIpc) is 3.45. The van der Waals surface area contributed by atoms with Crippen LogP contribution in [0.2, 0.25) is 0 Å². The molecule has 2 aromatic carbocycles. The van der Waals surface area contributed by atoms with Crippen molar-refractivity contribution in [1.29, 1.82) is 0 Å². The van der Waals surface area contributed by atoms with Crippen molar-refractivity contribution in [3.05, 3.63) is 66.0 Å². The van der Waals surface area contributed by atoms with Crippen LogP contribution in [0, 0.1) is 0 Å². The number of pyridine rings is 1. The highest BCUT2D eigenvalue weighted by molar-refractivity contribution is 6.03. The number of benzene rings is 2. The number of amides is 1. The summed E-state index contributed by atoms with van der Waals surface area (Å²) in [6, 6.07) is 15.6. The summed E-state index contributed by atoms with van der Waals surface area (Å²) >= 11 is 0. The number of rotatable bonds is 7. The molecule has 1 unspecified atom stereocenters. The maximum atomic E-state index is 11.4. The van der Waals surface area contributed by atoms with Gasteiger partial charge in [-0.1, -0.05) is 24.3 Å². The Morgan fingerprint density at radius 3 is 2.56 bits per heavy atom. The quantitative estimate of drug-likeness (QED) is 0.361. The van der Waals surface area contributed by atoms with E-state index in [1.165, 1.54) is 0 Å². The first-order chi connectivity index (χ1) is 16.5. The van der Waals surface area contributed by atoms with Gasteiger partial charge in [0.05, 0.1) is 12.4 Å². The van der Waals surface area contributed by atoms with Crippen molar-refractivity contribution < 1.29 is 9.21 Å². The van der Waals surface area contributed by atoms with Crippen LogP contribution in [0.15, 0.2) is 59.3 Å². The lowest BCUT2D eigenvalue weighted by atomic mass is 9.97. The molecule has 5 rings (SSSR count). The Labute approximate surface area is 196 Å². The SMILES string of the molecule is CNc1nc2oc(-c3cccc(C(NC=O)c4ccc(N(C)C)cc4)c3)nc2c2c1ncn2C. The standard InChI is InChI=1S/C25H25N7O2/c1-26-23-20-22(32(4)13-27-20)21-25(30-23)34-24(29-21)17-7-5-6-16(12-17)19(28-14-33)15-8-10-18(11-9-15)31(2)3/h5-14,19H,1-4H3,(H,26,30)(H,28,33). The number of carbonyl (C=O) groups excluding carboxylic acids is 1. The monoisotopic (exact) mass is 455 g/mol. The van der Waals surface area contributed by atoms with Gasteiger partial charge in [0.2, 0.25) is 12.3 Å². The van der Waals surface area contributed by atoms with Crippen LogP contribution < -0.4 is 15.5 Å². The van der Waals surface area contributed by atoms with Crippen molar-refractivity contribution in [3.63, 3.8) is 0 Å². The van der Waals surface area contributed by atoms with Gasteiger partial charge in [-0.2, -0.15) is 4.98 Å². The number of hydrogen-bond donors (Lipinski definition) is 2. The zero-order valence-corrected chi connectivity index (χ0v) is 19.4. The molecule has 0 radical (unpaired) electrons. The van der Waals surface area contributed by atoms with E-state index in [0.717, 1.165) is 39.8 Å². The van der Waals surface area contributed by atoms with Crippen molar-refractivity contribution in [2.45, 2.75) is 6.04 Å². The van der Waals surface area contributed by atoms with Gasteiger partial charge in [-0.3, -0.25) is 4.79 Å². The van der Waals surface area contributed by atoms with Gasteiger partial charge < -0.3 is 24.5 Å². The molecule has 9 nitrogen and oxygen atoms in total. The minimum atomic E-state index is -0.309. The molecule has 3 heterocycles. The second kappa shape index (κ2) is 8.51. The molecule has 5 aromatic rings. The molecule has 0 bridgehead atoms. The molecule has 0 aliphatic heterocycles. The normalized spacial score (nSPS) is 12.1. The number of nitrogens with zero attached hydrogens (tertiary/aromatic N) is 5. The summed E-state index contributed by atoms with van der Waals surface area (Å²) in [5.41, 5.74) is 6.44. The topological polar surface area (TPSA) is 101 Å². The Bertz CT molecular complexity index is 1490. The predicted octanol–water partition coefficient (Wildman–Crippen LogP) is 3.72. The minimum absolute atomic E-state index is 0.309. The minimum Gasteiger partial charge on any atom is -0.418 e. The van der Waals surface area contributed by atoms with Crippen LogP contribution in [-0.4, -0.2) is 47.1 Å². The number of nitrogens with one attached hydrogen (secondary N) is 2. The van der Waals surface area contributed by atoms with Crippen LogP contribution in [0.3, 0.4) is 0 Å². The van der Waals surface area contributed by atoms with Gasteiger partial charge in [-0.05, 0) is 35.4 Å². The Hall–Kier alpha value is -4.40. The molecule has 0 spiro atoms. The number of fused-ring (bicyclic) bond motifs is 3. The fourth-order valence-corrected chi connectivity index (χ4v) is 4.15. The number of aryl methyl sites for hydroxylation is 1. The summed E-state index contributed by atoms with van der Waals surface area (Å²) in [6.45, 7) is 0. The van der Waals surface area contributed by atoms with Gasteiger partial charge >= 0.3 is 0 Å². The second-order valence-corrected chi connectivity index (χ2v) is 8.26. The number of imidazole rings is 1. The lowest BCUT2D eigenvalue weighted by Crippen LogP contribution is -2.20. The molecule has 0 fully saturated rings. The van der Waals surface area contributed by atoms with Gasteiger partial charge in [0.15, 0.2) is 11.3 Å². The fraction of sp³-hybridized carbons (Fsp3) is 0.200. The van der Waals surface area contributed by atoms with Crippen LogP contribution in [0.1, 0.15) is 17.2 Å². The molecule has 172 valence electrons. The molecule has 0 saturated heterocycles. The lowest BCUT2D eigenvalue weighted by Gasteiger charge is -2.19. The molecule has 9 heteroatoms. The molecule has 0 aliphatic rings. The van der Waals surface area contributed by atoms with Crippen molar-refractivity contribution in [2.24, 2.45) is 7.05 Å². The first kappa shape index (κ1) is 21.4. The molecule has 0 aliphatic carbocycles. The van der Waals surface area contributed by atoms with Crippen molar-refractivity contribution in [2.75, 3.05) is 31.4 Å². The summed E-state index contributed by atoms with van der Waals surface area (Å²) in [4.78, 5) is 27.2. The number of hydrogen-bond acceptors (Lipinski definition) is 7. The summed E-state index contributed by atoms with van der Waals surface area (Å²) in [5, 5.41) is 6.01. The van der Waals surface area contributed by atoms with Crippen molar-refractivity contribution >= 4 is 40.2 Å². The third kappa shape index (κ3) is 3.61. The fourth-order valence-electron chi connectivity index (χ4n) is 4.15. The van der Waals surface area contributed by atoms with Gasteiger partial charge in [-0.25, -0.2) is 9.97 Å². The highest BCUT2D eigenvalue weighted by Crippen LogP contribution is 2.33. The van der Waals surface area contributed by atoms with E-state index in [9.17, 15) is 4.79 Å². The van der Waals surface area contributed by atoms with E-state index < -0.39 is 0 Å². The maximum absolute atomic E-state index is 11.4. The molecular formula is C25H25N7O2. The zero-order valence-electron chi connectivity index (χ0n) is 19.4. The van der Waals surface area contributed by atoms with Gasteiger partial charge in [0.1, 0.15) is 11.0 Å². The summed E-state index contributed by atoms with van der Waals surface area (Å²) in [6.07, 6.45) is 2.46. The van der Waals surface area contributed by atoms with E-state index in [1.54, 1.807) is 13.4 Å². The van der Waals surface area contributed by atoms with Crippen LogP contribution in [0.4, 0.5) is 11.5 Å². The largest absolute Gasteiger partial charge is 0.418 e. The van der Waals surface area contributed by atoms with Gasteiger partial charge in [-0.15, -0.1) is 0 Å². The second-order valence-electron chi connectivity index (χ2n) is 8.26. The first-order valence-corrected chi connectivity index (χ1v) is 10.9. The predicted molar refractivity (Wildman–Crippen MR) is 133 cm³/mol. The first-order valence-electron chi connectivity index (χ1n) is 10.9. The van der Waals surface area contributed by atoms with E-state index in [1.807, 2.05) is 79.1 Å². The smallest absolute Gasteiger partial charge is 0.251 e. The Morgan fingerprint density at radius 2 is 1.85 bits per heavy atom. The molecule has 1 atom stereocenters. The van der Waals surface area contributed by atoms with Crippen molar-refractivity contribution in [1.82, 2.24) is 24.8 Å². The highest BCUT2D eigenvalue weighted by atomic mass is 16.4. The van der Waals surface area contributed by atoms with Gasteiger partial charge in [0.25, 0.3) is 5.71 Å². The van der Waals surface area contributed by atoms with Crippen molar-refractivity contribution in [3.8, 4) is 11.5 Å². The van der Waals surface area contributed by atoms with E-state index >= 15 is 0 Å². The molecular weight excluding hydrogens is 430 g/mol. The Morgan fingerprint density at radius 1 is 1.06 bits per heavy atom. The number of oxazole rings is 1. The third-order valence-electron chi connectivity index (χ3n) is 5.89. The number of carbonyl (C=O) groups is 1. The number of anilines is 2. The van der Waals surface area contributed by atoms with E-state index in [2.05, 4.69) is 20.6 Å². The zero-order chi connectivity index (χ0) is 23.8. The average molecular weight is 456 g/mol. The Balaban J connectivity index is 1.58. The van der Waals surface area contributed by atoms with Crippen LogP contribution >= 0.6 is 0 Å². The highest BCUT2D eigenvalue weighted by Gasteiger charge is 2.20. The summed E-state index contributed by atoms with van der Waals surface area (Å²) in [7, 11) is 7.70. The third-order valence-corrected chi connectivity index (χ3v) is 5.89. The summed E-state index contributed by atoms with van der Waals surface area (Å²) in [5.74, 6) is 1.09. The van der Waals surface area contributed by atoms with E-state index in [0.29, 0.717) is 22.9 Å². The molecule has 34 heavy (non-hydrogen) atoms. The summed E-state index contributed by atoms with van der Waals surface area (Å²) < 4.78 is 7.98. The van der Waals surface area contributed by atoms with Crippen LogP contribution in [-0.2, 0) is 11.8 Å². The molecule has 3 aromatic heterocycles. The lowest BCUT2D eigenvalue weighted by molar-refractivity contribution is -0.110. The van der Waals surface area contributed by atoms with Crippen LogP contribution in [0.5, 0.6) is 0 Å². The molecule has 1 amide bonds. The van der Waals surface area contributed by atoms with Gasteiger partial charge in [0, 0.05) is 39.4 Å². The molecule has 2 N–H and O–H groups in total. The molecule has 0 saturated carbocycles. The number of aromatic nitrogens is 4.